The molecule has 0 spiro atoms. The minimum atomic E-state index is -0.567. The number of rotatable bonds is 6. The van der Waals surface area contributed by atoms with Gasteiger partial charge >= 0.3 is 0 Å². The van der Waals surface area contributed by atoms with Crippen molar-refractivity contribution in [2.24, 2.45) is 0 Å². The lowest BCUT2D eigenvalue weighted by atomic mass is 9.86. The average molecular weight is 352 g/mol. The summed E-state index contributed by atoms with van der Waals surface area (Å²) in [6.45, 7) is 2.06. The molecule has 4 heteroatoms. The highest BCUT2D eigenvalue weighted by Gasteiger charge is 2.31. The zero-order chi connectivity index (χ0) is 17.8. The molecule has 128 valence electrons. The fourth-order valence-electron chi connectivity index (χ4n) is 2.88. The Hall–Kier alpha value is -2.33. The summed E-state index contributed by atoms with van der Waals surface area (Å²) in [6.07, 6.45) is 2.11. The van der Waals surface area contributed by atoms with Crippen molar-refractivity contribution < 1.29 is 14.7 Å². The van der Waals surface area contributed by atoms with Gasteiger partial charge in [0, 0.05) is 21.6 Å². The second kappa shape index (κ2) is 7.70. The van der Waals surface area contributed by atoms with Gasteiger partial charge in [-0.1, -0.05) is 42.0 Å². The number of aryl methyl sites for hydroxylation is 1. The van der Waals surface area contributed by atoms with Gasteiger partial charge in [-0.2, -0.15) is 0 Å². The van der Waals surface area contributed by atoms with Gasteiger partial charge in [-0.05, 0) is 44.1 Å². The fraction of sp³-hybridized carbons (Fsp3) is 0.238. The number of aliphatic hydroxyl groups excluding tert-OH is 1. The smallest absolute Gasteiger partial charge is 0.234 e. The number of carbonyl (C=O) groups excluding carboxylic acids is 2. The first kappa shape index (κ1) is 17.5. The molecular weight excluding hydrogens is 332 g/mol. The van der Waals surface area contributed by atoms with Crippen LogP contribution in [0.25, 0.3) is 5.76 Å². The van der Waals surface area contributed by atoms with Gasteiger partial charge in [0.05, 0.1) is 0 Å². The Balaban J connectivity index is 1.58. The molecule has 1 aliphatic carbocycles. The summed E-state index contributed by atoms with van der Waals surface area (Å²) in [4.78, 5) is 25.6. The van der Waals surface area contributed by atoms with Crippen molar-refractivity contribution in [3.8, 4) is 0 Å². The van der Waals surface area contributed by atoms with E-state index in [0.29, 0.717) is 17.5 Å². The molecular formula is C21H20O3S. The van der Waals surface area contributed by atoms with Crippen LogP contribution in [-0.2, 0) is 4.79 Å². The van der Waals surface area contributed by atoms with E-state index in [-0.39, 0.29) is 11.3 Å². The number of hydrogen-bond donors (Lipinski definition) is 1. The van der Waals surface area contributed by atoms with Gasteiger partial charge in [0.1, 0.15) is 5.76 Å². The summed E-state index contributed by atoms with van der Waals surface area (Å²) in [5, 5.41) is 10.4. The molecule has 0 saturated carbocycles. The standard InChI is InChI=1S/C21H20O3S/c1-14-9-11-15(12-10-14)25-13-5-4-8-18-19(22)16-6-2-3-7-17(16)20(23)21(18)24/h2-3,6-7,9-12,22H,4-5,8,13H2,1H3. The predicted octanol–water partition coefficient (Wildman–Crippen LogP) is 4.99. The van der Waals surface area contributed by atoms with E-state index in [1.54, 1.807) is 36.0 Å². The fourth-order valence-corrected chi connectivity index (χ4v) is 3.79. The van der Waals surface area contributed by atoms with Crippen molar-refractivity contribution in [2.75, 3.05) is 5.75 Å². The topological polar surface area (TPSA) is 54.4 Å². The van der Waals surface area contributed by atoms with Crippen molar-refractivity contribution in [1.29, 1.82) is 0 Å². The average Bonchev–Trinajstić information content (AvgIpc) is 2.63. The van der Waals surface area contributed by atoms with Crippen LogP contribution in [0.2, 0.25) is 0 Å². The zero-order valence-electron chi connectivity index (χ0n) is 14.1. The molecule has 0 fully saturated rings. The second-order valence-corrected chi connectivity index (χ2v) is 7.32. The van der Waals surface area contributed by atoms with Gasteiger partial charge in [-0.25, -0.2) is 0 Å². The first-order valence-electron chi connectivity index (χ1n) is 8.38. The molecule has 2 aromatic carbocycles. The Morgan fingerprint density at radius 3 is 2.28 bits per heavy atom. The number of unbranched alkanes of at least 4 members (excludes halogenated alkanes) is 1. The molecule has 2 aromatic rings. The number of ketones is 2. The number of carbonyl (C=O) groups is 2. The largest absolute Gasteiger partial charge is 0.507 e. The Bertz CT molecular complexity index is 834. The molecule has 25 heavy (non-hydrogen) atoms. The Morgan fingerprint density at radius 2 is 1.56 bits per heavy atom. The molecule has 0 aromatic heterocycles. The van der Waals surface area contributed by atoms with E-state index in [9.17, 15) is 14.7 Å². The third kappa shape index (κ3) is 3.85. The molecule has 0 bridgehead atoms. The molecule has 0 unspecified atom stereocenters. The molecule has 0 heterocycles. The van der Waals surface area contributed by atoms with Crippen LogP contribution in [0.4, 0.5) is 0 Å². The van der Waals surface area contributed by atoms with Gasteiger partial charge in [-0.3, -0.25) is 9.59 Å². The Labute approximate surface area is 151 Å². The second-order valence-electron chi connectivity index (χ2n) is 6.15. The predicted molar refractivity (Wildman–Crippen MR) is 101 cm³/mol. The first-order valence-corrected chi connectivity index (χ1v) is 9.36. The number of thioether (sulfide) groups is 1. The van der Waals surface area contributed by atoms with E-state index in [0.717, 1.165) is 18.6 Å². The van der Waals surface area contributed by atoms with Crippen LogP contribution in [0.15, 0.2) is 59.0 Å². The summed E-state index contributed by atoms with van der Waals surface area (Å²) in [7, 11) is 0. The van der Waals surface area contributed by atoms with Crippen molar-refractivity contribution >= 4 is 29.1 Å². The Morgan fingerprint density at radius 1 is 0.880 bits per heavy atom. The molecule has 0 saturated heterocycles. The van der Waals surface area contributed by atoms with Gasteiger partial charge in [-0.15, -0.1) is 11.8 Å². The molecule has 0 radical (unpaired) electrons. The SMILES string of the molecule is Cc1ccc(SCCCCC2=C(O)c3ccccc3C(=O)C2=O)cc1. The summed E-state index contributed by atoms with van der Waals surface area (Å²) < 4.78 is 0. The third-order valence-corrected chi connectivity index (χ3v) is 5.40. The van der Waals surface area contributed by atoms with Crippen LogP contribution < -0.4 is 0 Å². The van der Waals surface area contributed by atoms with Crippen LogP contribution in [-0.4, -0.2) is 22.4 Å². The highest BCUT2D eigenvalue weighted by Crippen LogP contribution is 2.30. The molecule has 1 N–H and O–H groups in total. The molecule has 0 atom stereocenters. The lowest BCUT2D eigenvalue weighted by molar-refractivity contribution is -0.112. The molecule has 0 amide bonds. The van der Waals surface area contributed by atoms with Gasteiger partial charge in [0.15, 0.2) is 0 Å². The van der Waals surface area contributed by atoms with Gasteiger partial charge < -0.3 is 5.11 Å². The van der Waals surface area contributed by atoms with E-state index in [2.05, 4.69) is 31.2 Å². The summed E-state index contributed by atoms with van der Waals surface area (Å²) in [5.41, 5.74) is 2.26. The van der Waals surface area contributed by atoms with E-state index in [4.69, 9.17) is 0 Å². The van der Waals surface area contributed by atoms with Crippen LogP contribution in [0.5, 0.6) is 0 Å². The highest BCUT2D eigenvalue weighted by atomic mass is 32.2. The number of allylic oxidation sites excluding steroid dienone is 1. The normalized spacial score (nSPS) is 14.0. The number of Topliss-reactive ketones (excluding diaryl/α,β-unsaturated/α-hetero) is 2. The van der Waals surface area contributed by atoms with Crippen molar-refractivity contribution in [3.05, 3.63) is 70.8 Å². The van der Waals surface area contributed by atoms with Crippen LogP contribution >= 0.6 is 11.8 Å². The number of fused-ring (bicyclic) bond motifs is 1. The molecule has 1 aliphatic rings. The number of hydrogen-bond acceptors (Lipinski definition) is 4. The molecule has 3 rings (SSSR count). The first-order chi connectivity index (χ1) is 12.1. The summed E-state index contributed by atoms with van der Waals surface area (Å²) in [5.74, 6) is -0.179. The minimum absolute atomic E-state index is 0.0358. The van der Waals surface area contributed by atoms with Crippen molar-refractivity contribution in [3.63, 3.8) is 0 Å². The van der Waals surface area contributed by atoms with E-state index in [1.165, 1.54) is 10.5 Å². The maximum Gasteiger partial charge on any atom is 0.234 e. The van der Waals surface area contributed by atoms with E-state index < -0.39 is 11.6 Å². The molecule has 3 nitrogen and oxygen atoms in total. The summed E-state index contributed by atoms with van der Waals surface area (Å²) >= 11 is 1.78. The van der Waals surface area contributed by atoms with Gasteiger partial charge in [0.25, 0.3) is 0 Å². The van der Waals surface area contributed by atoms with Crippen LogP contribution in [0.1, 0.15) is 40.7 Å². The van der Waals surface area contributed by atoms with Crippen LogP contribution in [0.3, 0.4) is 0 Å². The highest BCUT2D eigenvalue weighted by molar-refractivity contribution is 7.99. The van der Waals surface area contributed by atoms with E-state index in [1.807, 2.05) is 0 Å². The third-order valence-electron chi connectivity index (χ3n) is 4.30. The maximum absolute atomic E-state index is 12.2. The zero-order valence-corrected chi connectivity index (χ0v) is 14.9. The lowest BCUT2D eigenvalue weighted by Crippen LogP contribution is -2.24. The number of aliphatic hydroxyl groups is 1. The Kier molecular flexibility index (Phi) is 5.39. The number of benzene rings is 2. The van der Waals surface area contributed by atoms with Crippen molar-refractivity contribution in [2.45, 2.75) is 31.1 Å². The molecule has 0 aliphatic heterocycles. The quantitative estimate of drug-likeness (QED) is 0.452. The van der Waals surface area contributed by atoms with Crippen molar-refractivity contribution in [1.82, 2.24) is 0 Å². The monoisotopic (exact) mass is 352 g/mol. The van der Waals surface area contributed by atoms with E-state index >= 15 is 0 Å². The lowest BCUT2D eigenvalue weighted by Gasteiger charge is -2.17. The van der Waals surface area contributed by atoms with Gasteiger partial charge in [0.2, 0.25) is 11.6 Å². The van der Waals surface area contributed by atoms with Crippen LogP contribution in [0, 0.1) is 6.92 Å². The minimum Gasteiger partial charge on any atom is -0.507 e. The summed E-state index contributed by atoms with van der Waals surface area (Å²) in [6, 6.07) is 15.1. The maximum atomic E-state index is 12.2.